The first-order valence-corrected chi connectivity index (χ1v) is 6.19. The molecular formula is C9H13NO3S. The number of nitrogens with zero attached hydrogens (tertiary/aromatic N) is 1. The molecule has 0 amide bonds. The van der Waals surface area contributed by atoms with Crippen LogP contribution < -0.4 is 0 Å². The molecule has 5 heteroatoms. The van der Waals surface area contributed by atoms with Gasteiger partial charge < -0.3 is 5.11 Å². The maximum atomic E-state index is 11.1. The highest BCUT2D eigenvalue weighted by Crippen LogP contribution is 2.09. The molecule has 14 heavy (non-hydrogen) atoms. The smallest absolute Gasteiger partial charge is 0.192 e. The molecule has 0 unspecified atom stereocenters. The highest BCUT2D eigenvalue weighted by atomic mass is 32.2. The fraction of sp³-hybridized carbons (Fsp3) is 0.444. The Morgan fingerprint density at radius 2 is 2.21 bits per heavy atom. The van der Waals surface area contributed by atoms with Crippen molar-refractivity contribution in [2.75, 3.05) is 12.9 Å². The fourth-order valence-corrected chi connectivity index (χ4v) is 1.71. The minimum Gasteiger partial charge on any atom is -0.396 e. The van der Waals surface area contributed by atoms with Crippen LogP contribution in [0.15, 0.2) is 23.4 Å². The van der Waals surface area contributed by atoms with E-state index in [1.165, 1.54) is 6.20 Å². The van der Waals surface area contributed by atoms with E-state index >= 15 is 0 Å². The van der Waals surface area contributed by atoms with Crippen molar-refractivity contribution >= 4 is 9.84 Å². The normalized spacial score (nSPS) is 11.6. The van der Waals surface area contributed by atoms with Gasteiger partial charge in [-0.15, -0.1) is 0 Å². The van der Waals surface area contributed by atoms with Gasteiger partial charge in [-0.2, -0.15) is 0 Å². The van der Waals surface area contributed by atoms with Crippen molar-refractivity contribution < 1.29 is 13.5 Å². The topological polar surface area (TPSA) is 67.3 Å². The average Bonchev–Trinajstić information content (AvgIpc) is 2.14. The summed E-state index contributed by atoms with van der Waals surface area (Å²) in [6, 6.07) is 3.30. The Kier molecular flexibility index (Phi) is 3.60. The maximum absolute atomic E-state index is 11.1. The highest BCUT2D eigenvalue weighted by molar-refractivity contribution is 7.90. The molecule has 0 fully saturated rings. The molecule has 0 saturated carbocycles. The van der Waals surface area contributed by atoms with Crippen LogP contribution in [0.2, 0.25) is 0 Å². The predicted molar refractivity (Wildman–Crippen MR) is 52.8 cm³/mol. The molecule has 0 aliphatic heterocycles. The van der Waals surface area contributed by atoms with Crippen molar-refractivity contribution in [2.24, 2.45) is 0 Å². The zero-order valence-electron chi connectivity index (χ0n) is 7.97. The summed E-state index contributed by atoms with van der Waals surface area (Å²) in [4.78, 5) is 3.77. The summed E-state index contributed by atoms with van der Waals surface area (Å²) in [5.74, 6) is 0. The van der Waals surface area contributed by atoms with Crippen LogP contribution in [0.25, 0.3) is 0 Å². The lowest BCUT2D eigenvalue weighted by Gasteiger charge is -2.01. The van der Waals surface area contributed by atoms with Crippen LogP contribution in [0.4, 0.5) is 0 Å². The van der Waals surface area contributed by atoms with E-state index in [1.807, 2.05) is 0 Å². The monoisotopic (exact) mass is 215 g/mol. The predicted octanol–water partition coefficient (Wildman–Crippen LogP) is 0.410. The van der Waals surface area contributed by atoms with Gasteiger partial charge in [0.1, 0.15) is 0 Å². The molecule has 0 aromatic carbocycles. The summed E-state index contributed by atoms with van der Waals surface area (Å²) in [5, 5.41) is 8.71. The molecule has 0 aliphatic carbocycles. The summed E-state index contributed by atoms with van der Waals surface area (Å²) in [6.45, 7) is 0.108. The molecule has 1 aromatic rings. The van der Waals surface area contributed by atoms with Crippen molar-refractivity contribution in [1.82, 2.24) is 4.98 Å². The van der Waals surface area contributed by atoms with Gasteiger partial charge in [0, 0.05) is 19.1 Å². The number of aliphatic hydroxyl groups excluding tert-OH is 1. The van der Waals surface area contributed by atoms with Crippen molar-refractivity contribution in [3.05, 3.63) is 23.9 Å². The molecule has 0 bridgehead atoms. The molecule has 0 aliphatic rings. The molecule has 1 heterocycles. The van der Waals surface area contributed by atoms with Gasteiger partial charge in [0.2, 0.25) is 0 Å². The van der Waals surface area contributed by atoms with Gasteiger partial charge in [-0.05, 0) is 30.5 Å². The van der Waals surface area contributed by atoms with Gasteiger partial charge in [0.15, 0.2) is 14.9 Å². The molecule has 1 N–H and O–H groups in total. The molecule has 0 spiro atoms. The van der Waals surface area contributed by atoms with Crippen molar-refractivity contribution in [1.29, 1.82) is 0 Å². The van der Waals surface area contributed by atoms with Crippen LogP contribution in [0.3, 0.4) is 0 Å². The van der Waals surface area contributed by atoms with E-state index in [2.05, 4.69) is 4.98 Å². The van der Waals surface area contributed by atoms with E-state index < -0.39 is 9.84 Å². The summed E-state index contributed by atoms with van der Waals surface area (Å²) >= 11 is 0. The van der Waals surface area contributed by atoms with Crippen LogP contribution in [-0.4, -0.2) is 31.4 Å². The third-order valence-electron chi connectivity index (χ3n) is 1.80. The maximum Gasteiger partial charge on any atom is 0.192 e. The van der Waals surface area contributed by atoms with Gasteiger partial charge in [-0.25, -0.2) is 13.4 Å². The minimum absolute atomic E-state index is 0.0907. The summed E-state index contributed by atoms with van der Waals surface area (Å²) < 4.78 is 22.3. The van der Waals surface area contributed by atoms with Crippen molar-refractivity contribution in [3.63, 3.8) is 0 Å². The Morgan fingerprint density at radius 1 is 1.50 bits per heavy atom. The van der Waals surface area contributed by atoms with E-state index in [0.717, 1.165) is 11.8 Å². The molecule has 1 rings (SSSR count). The quantitative estimate of drug-likeness (QED) is 0.790. The lowest BCUT2D eigenvalue weighted by Crippen LogP contribution is -2.01. The number of rotatable bonds is 4. The summed E-state index contributed by atoms with van der Waals surface area (Å²) in [6.07, 6.45) is 3.91. The summed E-state index contributed by atoms with van der Waals surface area (Å²) in [7, 11) is -3.22. The highest BCUT2D eigenvalue weighted by Gasteiger charge is 2.08. The van der Waals surface area contributed by atoms with Crippen molar-refractivity contribution in [2.45, 2.75) is 17.9 Å². The van der Waals surface area contributed by atoms with Crippen molar-refractivity contribution in [3.8, 4) is 0 Å². The molecule has 78 valence electrons. The first kappa shape index (κ1) is 11.1. The Labute approximate surface area is 83.5 Å². The lowest BCUT2D eigenvalue weighted by molar-refractivity contribution is 0.288. The number of aryl methyl sites for hydroxylation is 1. The van der Waals surface area contributed by atoms with E-state index in [0.29, 0.717) is 12.8 Å². The molecule has 0 saturated heterocycles. The Bertz CT molecular complexity index is 400. The zero-order chi connectivity index (χ0) is 10.6. The second-order valence-electron chi connectivity index (χ2n) is 3.10. The second-order valence-corrected chi connectivity index (χ2v) is 5.06. The molecule has 1 aromatic heterocycles. The average molecular weight is 215 g/mol. The van der Waals surface area contributed by atoms with Crippen LogP contribution in [0, 0.1) is 0 Å². The van der Waals surface area contributed by atoms with Gasteiger partial charge in [-0.3, -0.25) is 0 Å². The minimum atomic E-state index is -3.22. The number of aromatic nitrogens is 1. The van der Waals surface area contributed by atoms with Crippen LogP contribution in [0.5, 0.6) is 0 Å². The number of aliphatic hydroxyl groups is 1. The number of hydrogen-bond donors (Lipinski definition) is 1. The first-order chi connectivity index (χ1) is 6.54. The van der Waals surface area contributed by atoms with Gasteiger partial charge >= 0.3 is 0 Å². The standard InChI is InChI=1S/C9H13NO3S/c1-14(12,13)9-7-8(3-2-6-11)4-5-10-9/h4-5,7,11H,2-3,6H2,1H3. The molecule has 4 nitrogen and oxygen atoms in total. The largest absolute Gasteiger partial charge is 0.396 e. The molecule has 0 radical (unpaired) electrons. The molecular weight excluding hydrogens is 202 g/mol. The SMILES string of the molecule is CS(=O)(=O)c1cc(CCCO)ccn1. The number of hydrogen-bond acceptors (Lipinski definition) is 4. The van der Waals surface area contributed by atoms with Crippen LogP contribution in [-0.2, 0) is 16.3 Å². The first-order valence-electron chi connectivity index (χ1n) is 4.30. The van der Waals surface area contributed by atoms with Gasteiger partial charge in [-0.1, -0.05) is 0 Å². The van der Waals surface area contributed by atoms with Crippen LogP contribution >= 0.6 is 0 Å². The van der Waals surface area contributed by atoms with E-state index in [4.69, 9.17) is 5.11 Å². The number of pyridine rings is 1. The van der Waals surface area contributed by atoms with Gasteiger partial charge in [0.25, 0.3) is 0 Å². The van der Waals surface area contributed by atoms with E-state index in [9.17, 15) is 8.42 Å². The van der Waals surface area contributed by atoms with Crippen LogP contribution in [0.1, 0.15) is 12.0 Å². The lowest BCUT2D eigenvalue weighted by atomic mass is 10.1. The molecule has 0 atom stereocenters. The van der Waals surface area contributed by atoms with E-state index in [1.54, 1.807) is 12.1 Å². The Hall–Kier alpha value is -0.940. The fourth-order valence-electron chi connectivity index (χ4n) is 1.09. The number of sulfone groups is 1. The third kappa shape index (κ3) is 3.08. The Balaban J connectivity index is 2.90. The van der Waals surface area contributed by atoms with Gasteiger partial charge in [0.05, 0.1) is 0 Å². The zero-order valence-corrected chi connectivity index (χ0v) is 8.79. The summed E-state index contributed by atoms with van der Waals surface area (Å²) in [5.41, 5.74) is 0.884. The van der Waals surface area contributed by atoms with E-state index in [-0.39, 0.29) is 11.6 Å². The Morgan fingerprint density at radius 3 is 2.79 bits per heavy atom. The third-order valence-corrected chi connectivity index (χ3v) is 2.79. The second kappa shape index (κ2) is 4.52.